The van der Waals surface area contributed by atoms with Gasteiger partial charge in [-0.05, 0) is 86.4 Å². The van der Waals surface area contributed by atoms with Crippen molar-refractivity contribution in [2.75, 3.05) is 20.6 Å². The molecule has 0 saturated heterocycles. The molecule has 2 fully saturated rings. The fourth-order valence-corrected chi connectivity index (χ4v) is 5.36. The maximum atomic E-state index is 13.0. The van der Waals surface area contributed by atoms with Crippen molar-refractivity contribution in [1.29, 1.82) is 0 Å². The number of aromatic amines is 1. The van der Waals surface area contributed by atoms with E-state index >= 15 is 0 Å². The molecule has 6 nitrogen and oxygen atoms in total. The van der Waals surface area contributed by atoms with E-state index in [2.05, 4.69) is 70.7 Å². The van der Waals surface area contributed by atoms with E-state index in [-0.39, 0.29) is 22.8 Å². The largest absolute Gasteiger partial charge is 0.354 e. The molecule has 2 saturated carbocycles. The van der Waals surface area contributed by atoms with Crippen LogP contribution >= 0.6 is 0 Å². The molecule has 1 aromatic carbocycles. The number of H-pyrrole nitrogens is 1. The van der Waals surface area contributed by atoms with Gasteiger partial charge >= 0.3 is 0 Å². The van der Waals surface area contributed by atoms with Crippen LogP contribution in [0.3, 0.4) is 0 Å². The molecule has 3 atom stereocenters. The molecule has 2 aromatic heterocycles. The minimum absolute atomic E-state index is 0.0360. The molecule has 0 spiro atoms. The molecular weight excluding hydrogens is 398 g/mol. The van der Waals surface area contributed by atoms with E-state index in [1.165, 1.54) is 24.0 Å². The average molecular weight is 432 g/mol. The van der Waals surface area contributed by atoms with Crippen LogP contribution in [0.1, 0.15) is 49.7 Å². The van der Waals surface area contributed by atoms with E-state index in [4.69, 9.17) is 0 Å². The lowest BCUT2D eigenvalue weighted by Crippen LogP contribution is -2.44. The van der Waals surface area contributed by atoms with Gasteiger partial charge in [0, 0.05) is 36.3 Å². The summed E-state index contributed by atoms with van der Waals surface area (Å²) in [6.07, 6.45) is 10.6. The molecule has 2 aliphatic rings. The lowest BCUT2D eigenvalue weighted by atomic mass is 9.82. The standard InChI is InChI=1S/C26H33N5O/c1-25(8-9-25)22(19-5-4-10-27-15-19)13-24(32)28-17-26(31(2)3)14-21(26)12-18-6-7-23-20(11-18)16-29-30-23/h4-7,10-11,15-16,21-22H,8-9,12-14,17H2,1-3H3,(H,28,32)(H,29,30)/t21?,22-,26+/m1/s1. The van der Waals surface area contributed by atoms with Crippen LogP contribution in [-0.4, -0.2) is 52.2 Å². The van der Waals surface area contributed by atoms with Crippen LogP contribution in [-0.2, 0) is 11.2 Å². The van der Waals surface area contributed by atoms with Crippen molar-refractivity contribution in [1.82, 2.24) is 25.4 Å². The predicted octanol–water partition coefficient (Wildman–Crippen LogP) is 3.91. The van der Waals surface area contributed by atoms with Crippen LogP contribution in [0.5, 0.6) is 0 Å². The van der Waals surface area contributed by atoms with Crippen molar-refractivity contribution >= 4 is 16.8 Å². The summed E-state index contributed by atoms with van der Waals surface area (Å²) in [5, 5.41) is 11.6. The minimum Gasteiger partial charge on any atom is -0.354 e. The number of fused-ring (bicyclic) bond motifs is 1. The Morgan fingerprint density at radius 1 is 1.28 bits per heavy atom. The van der Waals surface area contributed by atoms with Gasteiger partial charge in [0.2, 0.25) is 5.91 Å². The number of amides is 1. The van der Waals surface area contributed by atoms with Gasteiger partial charge in [0.25, 0.3) is 0 Å². The van der Waals surface area contributed by atoms with Crippen molar-refractivity contribution in [2.24, 2.45) is 11.3 Å². The zero-order chi connectivity index (χ0) is 22.3. The topological polar surface area (TPSA) is 73.9 Å². The first-order valence-corrected chi connectivity index (χ1v) is 11.7. The summed E-state index contributed by atoms with van der Waals surface area (Å²) < 4.78 is 0. The SMILES string of the molecule is CN(C)[C@]1(CNC(=O)C[C@H](c2cccnc2)C2(C)CC2)CC1Cc1ccc2[nH]ncc2c1. The number of carbonyl (C=O) groups excluding carboxylic acids is 1. The summed E-state index contributed by atoms with van der Waals surface area (Å²) in [5.41, 5.74) is 3.85. The Bertz CT molecular complexity index is 1100. The van der Waals surface area contributed by atoms with Crippen molar-refractivity contribution in [3.63, 3.8) is 0 Å². The highest BCUT2D eigenvalue weighted by Gasteiger charge is 2.55. The quantitative estimate of drug-likeness (QED) is 0.539. The Hall–Kier alpha value is -2.73. The number of carbonyl (C=O) groups is 1. The first-order valence-electron chi connectivity index (χ1n) is 11.7. The third kappa shape index (κ3) is 4.04. The third-order valence-corrected chi connectivity index (χ3v) is 8.02. The molecule has 0 bridgehead atoms. The highest BCUT2D eigenvalue weighted by Crippen LogP contribution is 2.57. The molecule has 0 radical (unpaired) electrons. The number of benzene rings is 1. The summed E-state index contributed by atoms with van der Waals surface area (Å²) >= 11 is 0. The normalized spacial score (nSPS) is 24.4. The third-order valence-electron chi connectivity index (χ3n) is 8.02. The Kier molecular flexibility index (Phi) is 5.28. The summed E-state index contributed by atoms with van der Waals surface area (Å²) in [6, 6.07) is 10.6. The van der Waals surface area contributed by atoms with Crippen LogP contribution in [0, 0.1) is 11.3 Å². The Balaban J connectivity index is 1.22. The van der Waals surface area contributed by atoms with Gasteiger partial charge in [-0.3, -0.25) is 14.9 Å². The number of likely N-dealkylation sites (N-methyl/N-ethyl adjacent to an activating group) is 1. The molecular formula is C26H33N5O. The van der Waals surface area contributed by atoms with Crippen molar-refractivity contribution in [3.05, 3.63) is 60.0 Å². The summed E-state index contributed by atoms with van der Waals surface area (Å²) in [7, 11) is 4.27. The second-order valence-corrected chi connectivity index (χ2v) is 10.4. The average Bonchev–Trinajstić information content (AvgIpc) is 3.65. The number of nitrogens with one attached hydrogen (secondary N) is 2. The zero-order valence-electron chi connectivity index (χ0n) is 19.3. The summed E-state index contributed by atoms with van der Waals surface area (Å²) in [5.74, 6) is 0.930. The summed E-state index contributed by atoms with van der Waals surface area (Å²) in [4.78, 5) is 19.6. The minimum atomic E-state index is 0.0360. The second kappa shape index (κ2) is 8.00. The Morgan fingerprint density at radius 3 is 2.84 bits per heavy atom. The fourth-order valence-electron chi connectivity index (χ4n) is 5.36. The smallest absolute Gasteiger partial charge is 0.220 e. The molecule has 32 heavy (non-hydrogen) atoms. The lowest BCUT2D eigenvalue weighted by molar-refractivity contribution is -0.122. The number of hydrogen-bond acceptors (Lipinski definition) is 4. The van der Waals surface area contributed by atoms with Crippen LogP contribution < -0.4 is 5.32 Å². The molecule has 1 unspecified atom stereocenters. The Labute approximate surface area is 189 Å². The molecule has 168 valence electrons. The molecule has 2 aliphatic carbocycles. The molecule has 2 N–H and O–H groups in total. The van der Waals surface area contributed by atoms with E-state index in [9.17, 15) is 4.79 Å². The van der Waals surface area contributed by atoms with Crippen LogP contribution in [0.25, 0.3) is 10.9 Å². The van der Waals surface area contributed by atoms with E-state index < -0.39 is 0 Å². The van der Waals surface area contributed by atoms with Crippen LogP contribution in [0.15, 0.2) is 48.9 Å². The van der Waals surface area contributed by atoms with Gasteiger partial charge in [0.1, 0.15) is 0 Å². The lowest BCUT2D eigenvalue weighted by Gasteiger charge is -2.28. The monoisotopic (exact) mass is 431 g/mol. The van der Waals surface area contributed by atoms with Crippen molar-refractivity contribution < 1.29 is 4.79 Å². The van der Waals surface area contributed by atoms with Crippen LogP contribution in [0.2, 0.25) is 0 Å². The molecule has 2 heterocycles. The maximum absolute atomic E-state index is 13.0. The van der Waals surface area contributed by atoms with E-state index in [1.807, 2.05) is 18.5 Å². The highest BCUT2D eigenvalue weighted by atomic mass is 16.1. The molecule has 5 rings (SSSR count). The number of rotatable bonds is 9. The first-order chi connectivity index (χ1) is 15.4. The van der Waals surface area contributed by atoms with Gasteiger partial charge < -0.3 is 10.2 Å². The summed E-state index contributed by atoms with van der Waals surface area (Å²) in [6.45, 7) is 3.00. The maximum Gasteiger partial charge on any atom is 0.220 e. The van der Waals surface area contributed by atoms with E-state index in [1.54, 1.807) is 6.20 Å². The first kappa shape index (κ1) is 21.1. The zero-order valence-corrected chi connectivity index (χ0v) is 19.3. The van der Waals surface area contributed by atoms with Gasteiger partial charge in [-0.1, -0.05) is 19.1 Å². The van der Waals surface area contributed by atoms with Gasteiger partial charge in [0.05, 0.1) is 11.7 Å². The molecule has 1 amide bonds. The van der Waals surface area contributed by atoms with Crippen molar-refractivity contribution in [3.8, 4) is 0 Å². The van der Waals surface area contributed by atoms with Gasteiger partial charge in [-0.25, -0.2) is 0 Å². The molecule has 3 aromatic rings. The van der Waals surface area contributed by atoms with Crippen molar-refractivity contribution in [2.45, 2.75) is 50.5 Å². The Morgan fingerprint density at radius 2 is 2.12 bits per heavy atom. The fraction of sp³-hybridized carbons (Fsp3) is 0.500. The molecule has 0 aliphatic heterocycles. The number of pyridine rings is 1. The second-order valence-electron chi connectivity index (χ2n) is 10.4. The number of hydrogen-bond donors (Lipinski definition) is 2. The highest BCUT2D eigenvalue weighted by molar-refractivity contribution is 5.78. The van der Waals surface area contributed by atoms with E-state index in [0.29, 0.717) is 18.9 Å². The number of nitrogens with zero attached hydrogens (tertiary/aromatic N) is 3. The molecule has 6 heteroatoms. The van der Waals surface area contributed by atoms with Gasteiger partial charge in [0.15, 0.2) is 0 Å². The van der Waals surface area contributed by atoms with Crippen LogP contribution in [0.4, 0.5) is 0 Å². The van der Waals surface area contributed by atoms with E-state index in [0.717, 1.165) is 23.7 Å². The predicted molar refractivity (Wildman–Crippen MR) is 126 cm³/mol. The number of aromatic nitrogens is 3. The van der Waals surface area contributed by atoms with Gasteiger partial charge in [-0.15, -0.1) is 0 Å². The van der Waals surface area contributed by atoms with Gasteiger partial charge in [-0.2, -0.15) is 5.10 Å².